The molecule has 1 aliphatic rings. The van der Waals surface area contributed by atoms with Crippen molar-refractivity contribution in [2.75, 3.05) is 45.9 Å². The molecule has 2 N–H and O–H groups in total. The zero-order valence-corrected chi connectivity index (χ0v) is 12.7. The topological polar surface area (TPSA) is 53.6 Å². The minimum absolute atomic E-state index is 0.0651. The van der Waals surface area contributed by atoms with Gasteiger partial charge in [0.25, 0.3) is 5.91 Å². The lowest BCUT2D eigenvalue weighted by Gasteiger charge is -2.27. The molecule has 0 bridgehead atoms. The number of nitrogens with one attached hydrogen (secondary N) is 2. The summed E-state index contributed by atoms with van der Waals surface area (Å²) in [6, 6.07) is 7.87. The van der Waals surface area contributed by atoms with Crippen molar-refractivity contribution in [3.8, 4) is 5.75 Å². The minimum atomic E-state index is -0.0651. The molecule has 5 heteroatoms. The van der Waals surface area contributed by atoms with Crippen molar-refractivity contribution in [1.82, 2.24) is 15.5 Å². The van der Waals surface area contributed by atoms with Crippen LogP contribution >= 0.6 is 0 Å². The molecule has 5 nitrogen and oxygen atoms in total. The van der Waals surface area contributed by atoms with Crippen LogP contribution in [-0.4, -0.2) is 56.7 Å². The number of aryl methyl sites for hydroxylation is 1. The number of piperazine rings is 1. The largest absolute Gasteiger partial charge is 0.484 e. The van der Waals surface area contributed by atoms with Gasteiger partial charge in [0.05, 0.1) is 0 Å². The summed E-state index contributed by atoms with van der Waals surface area (Å²) in [6.07, 6.45) is 1.01. The van der Waals surface area contributed by atoms with E-state index in [1.54, 1.807) is 0 Å². The van der Waals surface area contributed by atoms with Gasteiger partial charge in [-0.15, -0.1) is 0 Å². The maximum Gasteiger partial charge on any atom is 0.257 e. The molecule has 116 valence electrons. The number of amides is 1. The number of carbonyl (C=O) groups excluding carboxylic acids is 1. The highest BCUT2D eigenvalue weighted by Crippen LogP contribution is 2.12. The highest BCUT2D eigenvalue weighted by Gasteiger charge is 2.09. The van der Waals surface area contributed by atoms with E-state index in [2.05, 4.69) is 22.5 Å². The van der Waals surface area contributed by atoms with Crippen molar-refractivity contribution in [2.24, 2.45) is 0 Å². The number of rotatable bonds is 7. The first-order valence-corrected chi connectivity index (χ1v) is 7.69. The van der Waals surface area contributed by atoms with Gasteiger partial charge in [0.1, 0.15) is 5.75 Å². The molecule has 0 saturated carbocycles. The number of ether oxygens (including phenoxy) is 1. The second-order valence-electron chi connectivity index (χ2n) is 5.23. The van der Waals surface area contributed by atoms with Gasteiger partial charge in [0.15, 0.2) is 6.61 Å². The van der Waals surface area contributed by atoms with Crippen molar-refractivity contribution in [3.05, 3.63) is 29.8 Å². The molecule has 1 aromatic carbocycles. The molecular weight excluding hydrogens is 266 g/mol. The first-order valence-electron chi connectivity index (χ1n) is 7.69. The van der Waals surface area contributed by atoms with E-state index >= 15 is 0 Å². The molecule has 1 aromatic rings. The van der Waals surface area contributed by atoms with E-state index in [9.17, 15) is 4.79 Å². The first-order chi connectivity index (χ1) is 10.3. The molecule has 0 radical (unpaired) electrons. The minimum Gasteiger partial charge on any atom is -0.484 e. The van der Waals surface area contributed by atoms with Crippen LogP contribution < -0.4 is 15.4 Å². The van der Waals surface area contributed by atoms with Gasteiger partial charge >= 0.3 is 0 Å². The maximum atomic E-state index is 11.7. The van der Waals surface area contributed by atoms with Crippen LogP contribution in [0.2, 0.25) is 0 Å². The van der Waals surface area contributed by atoms with Crippen LogP contribution in [0.3, 0.4) is 0 Å². The monoisotopic (exact) mass is 291 g/mol. The van der Waals surface area contributed by atoms with Gasteiger partial charge in [-0.25, -0.2) is 0 Å². The van der Waals surface area contributed by atoms with E-state index in [1.807, 2.05) is 24.3 Å². The van der Waals surface area contributed by atoms with Crippen molar-refractivity contribution >= 4 is 5.91 Å². The molecule has 0 unspecified atom stereocenters. The van der Waals surface area contributed by atoms with E-state index in [4.69, 9.17) is 4.74 Å². The first kappa shape index (κ1) is 15.8. The predicted octanol–water partition coefficient (Wildman–Crippen LogP) is 0.649. The zero-order chi connectivity index (χ0) is 14.9. The molecule has 1 saturated heterocycles. The second-order valence-corrected chi connectivity index (χ2v) is 5.23. The Morgan fingerprint density at radius 1 is 1.29 bits per heavy atom. The van der Waals surface area contributed by atoms with E-state index in [-0.39, 0.29) is 12.5 Å². The van der Waals surface area contributed by atoms with E-state index < -0.39 is 0 Å². The van der Waals surface area contributed by atoms with Crippen LogP contribution in [0.1, 0.15) is 12.5 Å². The molecule has 1 heterocycles. The van der Waals surface area contributed by atoms with Gasteiger partial charge in [-0.3, -0.25) is 9.69 Å². The molecule has 1 amide bonds. The molecule has 0 aliphatic carbocycles. The molecule has 1 aliphatic heterocycles. The van der Waals surface area contributed by atoms with Gasteiger partial charge < -0.3 is 15.4 Å². The Kier molecular flexibility index (Phi) is 6.50. The quantitative estimate of drug-likeness (QED) is 0.774. The summed E-state index contributed by atoms with van der Waals surface area (Å²) < 4.78 is 5.47. The number of carbonyl (C=O) groups is 1. The van der Waals surface area contributed by atoms with Crippen molar-refractivity contribution in [3.63, 3.8) is 0 Å². The summed E-state index contributed by atoms with van der Waals surface area (Å²) in [6.45, 7) is 7.94. The van der Waals surface area contributed by atoms with Crippen LogP contribution in [0.5, 0.6) is 5.75 Å². The van der Waals surface area contributed by atoms with Crippen LogP contribution in [0.4, 0.5) is 0 Å². The van der Waals surface area contributed by atoms with Gasteiger partial charge in [0, 0.05) is 39.3 Å². The Morgan fingerprint density at radius 3 is 2.67 bits per heavy atom. The normalized spacial score (nSPS) is 15.7. The summed E-state index contributed by atoms with van der Waals surface area (Å²) in [4.78, 5) is 14.1. The Labute approximate surface area is 126 Å². The van der Waals surface area contributed by atoms with E-state index in [1.165, 1.54) is 5.56 Å². The molecule has 0 spiro atoms. The third-order valence-electron chi connectivity index (χ3n) is 3.66. The number of hydrogen-bond donors (Lipinski definition) is 2. The summed E-state index contributed by atoms with van der Waals surface area (Å²) >= 11 is 0. The summed E-state index contributed by atoms with van der Waals surface area (Å²) in [5, 5.41) is 6.21. The van der Waals surface area contributed by atoms with Crippen LogP contribution in [-0.2, 0) is 11.2 Å². The van der Waals surface area contributed by atoms with Gasteiger partial charge in [-0.2, -0.15) is 0 Å². The number of nitrogens with zero attached hydrogens (tertiary/aromatic N) is 1. The highest BCUT2D eigenvalue weighted by atomic mass is 16.5. The third-order valence-corrected chi connectivity index (χ3v) is 3.66. The fourth-order valence-electron chi connectivity index (χ4n) is 2.31. The van der Waals surface area contributed by atoms with Crippen molar-refractivity contribution < 1.29 is 9.53 Å². The van der Waals surface area contributed by atoms with E-state index in [0.717, 1.165) is 44.9 Å². The predicted molar refractivity (Wildman–Crippen MR) is 83.6 cm³/mol. The summed E-state index contributed by atoms with van der Waals surface area (Å²) in [7, 11) is 0. The molecule has 0 aromatic heterocycles. The van der Waals surface area contributed by atoms with Gasteiger partial charge in [-0.1, -0.05) is 19.1 Å². The third kappa shape index (κ3) is 5.73. The average molecular weight is 291 g/mol. The fraction of sp³-hybridized carbons (Fsp3) is 0.562. The summed E-state index contributed by atoms with van der Waals surface area (Å²) in [5.41, 5.74) is 1.27. The molecule has 1 fully saturated rings. The lowest BCUT2D eigenvalue weighted by Crippen LogP contribution is -2.46. The Bertz CT molecular complexity index is 428. The number of hydrogen-bond acceptors (Lipinski definition) is 4. The average Bonchev–Trinajstić information content (AvgIpc) is 2.54. The van der Waals surface area contributed by atoms with Gasteiger partial charge in [0.2, 0.25) is 0 Å². The fourth-order valence-corrected chi connectivity index (χ4v) is 2.31. The van der Waals surface area contributed by atoms with Crippen LogP contribution in [0.25, 0.3) is 0 Å². The van der Waals surface area contributed by atoms with Crippen molar-refractivity contribution in [1.29, 1.82) is 0 Å². The van der Waals surface area contributed by atoms with Gasteiger partial charge in [-0.05, 0) is 24.1 Å². The number of benzene rings is 1. The molecular formula is C16H25N3O2. The zero-order valence-electron chi connectivity index (χ0n) is 12.7. The van der Waals surface area contributed by atoms with Crippen LogP contribution in [0.15, 0.2) is 24.3 Å². The van der Waals surface area contributed by atoms with Crippen LogP contribution in [0, 0.1) is 0 Å². The van der Waals surface area contributed by atoms with Crippen molar-refractivity contribution in [2.45, 2.75) is 13.3 Å². The Hall–Kier alpha value is -1.59. The maximum absolute atomic E-state index is 11.7. The SMILES string of the molecule is CCc1ccc(OCC(=O)NCCN2CCNCC2)cc1. The lowest BCUT2D eigenvalue weighted by molar-refractivity contribution is -0.123. The Morgan fingerprint density at radius 2 is 2.00 bits per heavy atom. The lowest BCUT2D eigenvalue weighted by atomic mass is 10.2. The molecule has 0 atom stereocenters. The Balaban J connectivity index is 1.60. The highest BCUT2D eigenvalue weighted by molar-refractivity contribution is 5.77. The molecule has 21 heavy (non-hydrogen) atoms. The smallest absolute Gasteiger partial charge is 0.257 e. The van der Waals surface area contributed by atoms with E-state index in [0.29, 0.717) is 6.54 Å². The molecule has 2 rings (SSSR count). The summed E-state index contributed by atoms with van der Waals surface area (Å²) in [5.74, 6) is 0.675. The second kappa shape index (κ2) is 8.64. The standard InChI is InChI=1S/C16H25N3O2/c1-2-14-3-5-15(6-4-14)21-13-16(20)18-9-12-19-10-7-17-8-11-19/h3-6,17H,2,7-13H2,1H3,(H,18,20).